The van der Waals surface area contributed by atoms with Crippen molar-refractivity contribution in [3.63, 3.8) is 0 Å². The van der Waals surface area contributed by atoms with Gasteiger partial charge in [0.25, 0.3) is 0 Å². The predicted octanol–water partition coefficient (Wildman–Crippen LogP) is -3.47. The summed E-state index contributed by atoms with van der Waals surface area (Å²) in [6.07, 6.45) is 2.16. The molecular formula is C6H14KN2O2+. The Morgan fingerprint density at radius 1 is 1.45 bits per heavy atom. The molecule has 0 rings (SSSR count). The van der Waals surface area contributed by atoms with Crippen LogP contribution in [0.15, 0.2) is 0 Å². The summed E-state index contributed by atoms with van der Waals surface area (Å²) >= 11 is 0. The molecule has 0 aromatic rings. The monoisotopic (exact) mass is 185 g/mol. The van der Waals surface area contributed by atoms with Crippen LogP contribution < -0.4 is 62.9 Å². The van der Waals surface area contributed by atoms with E-state index in [1.54, 1.807) is 0 Å². The van der Waals surface area contributed by atoms with Crippen LogP contribution in [0.4, 0.5) is 0 Å². The van der Waals surface area contributed by atoms with Gasteiger partial charge in [-0.2, -0.15) is 0 Å². The first kappa shape index (κ1) is 14.5. The molecule has 0 aromatic heterocycles. The molecule has 0 aliphatic rings. The van der Waals surface area contributed by atoms with Gasteiger partial charge in [0.1, 0.15) is 6.04 Å². The van der Waals surface area contributed by atoms with Crippen molar-refractivity contribution >= 4 is 5.97 Å². The SMILES string of the molecule is NCCCCC(N)C(=O)O.[K+]. The van der Waals surface area contributed by atoms with Gasteiger partial charge in [-0.25, -0.2) is 0 Å². The Balaban J connectivity index is 0. The quantitative estimate of drug-likeness (QED) is 0.307. The summed E-state index contributed by atoms with van der Waals surface area (Å²) in [7, 11) is 0. The molecule has 0 aliphatic carbocycles. The van der Waals surface area contributed by atoms with Gasteiger partial charge in [0.2, 0.25) is 0 Å². The number of hydrogen-bond acceptors (Lipinski definition) is 3. The molecule has 60 valence electrons. The van der Waals surface area contributed by atoms with Gasteiger partial charge >= 0.3 is 57.4 Å². The summed E-state index contributed by atoms with van der Waals surface area (Å²) in [5.74, 6) is -0.933. The van der Waals surface area contributed by atoms with Gasteiger partial charge in [-0.1, -0.05) is 6.42 Å². The number of nitrogens with two attached hydrogens (primary N) is 2. The van der Waals surface area contributed by atoms with Crippen LogP contribution in [0.2, 0.25) is 0 Å². The second kappa shape index (κ2) is 9.12. The summed E-state index contributed by atoms with van der Waals surface area (Å²) < 4.78 is 0. The van der Waals surface area contributed by atoms with Crippen molar-refractivity contribution in [3.8, 4) is 0 Å². The predicted molar refractivity (Wildman–Crippen MR) is 38.5 cm³/mol. The first-order valence-electron chi connectivity index (χ1n) is 3.37. The van der Waals surface area contributed by atoms with E-state index in [1.165, 1.54) is 0 Å². The molecule has 0 heterocycles. The minimum atomic E-state index is -0.933. The molecule has 11 heavy (non-hydrogen) atoms. The van der Waals surface area contributed by atoms with E-state index in [1.807, 2.05) is 0 Å². The number of carboxylic acids is 1. The molecular weight excluding hydrogens is 171 g/mol. The first-order chi connectivity index (χ1) is 4.68. The molecule has 0 spiro atoms. The summed E-state index contributed by atoms with van der Waals surface area (Å²) in [6.45, 7) is 0.604. The van der Waals surface area contributed by atoms with Gasteiger partial charge in [-0.15, -0.1) is 0 Å². The molecule has 0 amide bonds. The van der Waals surface area contributed by atoms with Crippen LogP contribution in [0, 0.1) is 0 Å². The van der Waals surface area contributed by atoms with Crippen LogP contribution in [0.1, 0.15) is 19.3 Å². The molecule has 0 aromatic carbocycles. The minimum Gasteiger partial charge on any atom is -0.480 e. The summed E-state index contributed by atoms with van der Waals surface area (Å²) in [4.78, 5) is 10.1. The van der Waals surface area contributed by atoms with Crippen molar-refractivity contribution in [2.24, 2.45) is 11.5 Å². The van der Waals surface area contributed by atoms with E-state index in [0.717, 1.165) is 12.8 Å². The Morgan fingerprint density at radius 2 is 2.00 bits per heavy atom. The Hall–Kier alpha value is 1.03. The number of aliphatic carboxylic acids is 1. The summed E-state index contributed by atoms with van der Waals surface area (Å²) in [5.41, 5.74) is 10.4. The summed E-state index contributed by atoms with van der Waals surface area (Å²) in [6, 6.07) is -0.716. The fourth-order valence-corrected chi connectivity index (χ4v) is 0.632. The smallest absolute Gasteiger partial charge is 0.480 e. The second-order valence-electron chi connectivity index (χ2n) is 2.23. The average Bonchev–Trinajstić information content (AvgIpc) is 1.88. The Labute approximate surface area is 109 Å². The van der Waals surface area contributed by atoms with Gasteiger partial charge in [0.15, 0.2) is 0 Å². The van der Waals surface area contributed by atoms with E-state index in [9.17, 15) is 4.79 Å². The van der Waals surface area contributed by atoms with Crippen LogP contribution in [0.3, 0.4) is 0 Å². The summed E-state index contributed by atoms with van der Waals surface area (Å²) in [5, 5.41) is 8.33. The molecule has 0 saturated carbocycles. The zero-order chi connectivity index (χ0) is 7.98. The van der Waals surface area contributed by atoms with E-state index in [0.29, 0.717) is 13.0 Å². The third-order valence-electron chi connectivity index (χ3n) is 1.29. The normalized spacial score (nSPS) is 11.8. The van der Waals surface area contributed by atoms with Crippen molar-refractivity contribution < 1.29 is 61.3 Å². The molecule has 1 atom stereocenters. The van der Waals surface area contributed by atoms with E-state index < -0.39 is 12.0 Å². The van der Waals surface area contributed by atoms with Gasteiger partial charge in [0, 0.05) is 0 Å². The maximum absolute atomic E-state index is 10.1. The fraction of sp³-hybridized carbons (Fsp3) is 0.833. The Kier molecular flexibility index (Phi) is 12.1. The topological polar surface area (TPSA) is 89.3 Å². The number of carboxylic acid groups (broad SMARTS) is 1. The molecule has 0 saturated heterocycles. The van der Waals surface area contributed by atoms with Crippen LogP contribution in [-0.4, -0.2) is 23.7 Å². The van der Waals surface area contributed by atoms with Gasteiger partial charge in [-0.05, 0) is 19.4 Å². The van der Waals surface area contributed by atoms with Crippen LogP contribution in [0.5, 0.6) is 0 Å². The standard InChI is InChI=1S/C6H14N2O2.K/c7-4-2-1-3-5(8)6(9)10;/h5H,1-4,7-8H2,(H,9,10);/q;+1. The van der Waals surface area contributed by atoms with E-state index in [-0.39, 0.29) is 51.4 Å². The van der Waals surface area contributed by atoms with Crippen molar-refractivity contribution in [2.75, 3.05) is 6.54 Å². The third kappa shape index (κ3) is 8.94. The fourth-order valence-electron chi connectivity index (χ4n) is 0.632. The zero-order valence-corrected chi connectivity index (χ0v) is 10.0. The molecule has 0 radical (unpaired) electrons. The van der Waals surface area contributed by atoms with E-state index in [2.05, 4.69) is 0 Å². The van der Waals surface area contributed by atoms with Crippen molar-refractivity contribution in [1.82, 2.24) is 0 Å². The molecule has 4 nitrogen and oxygen atoms in total. The number of hydrogen-bond donors (Lipinski definition) is 3. The molecule has 5 heteroatoms. The second-order valence-corrected chi connectivity index (χ2v) is 2.23. The molecule has 0 aliphatic heterocycles. The number of rotatable bonds is 5. The van der Waals surface area contributed by atoms with Gasteiger partial charge in [0.05, 0.1) is 0 Å². The van der Waals surface area contributed by atoms with E-state index >= 15 is 0 Å². The average molecular weight is 185 g/mol. The Bertz CT molecular complexity index is 111. The van der Waals surface area contributed by atoms with Gasteiger partial charge in [-0.3, -0.25) is 4.79 Å². The molecule has 1 unspecified atom stereocenters. The molecule has 0 fully saturated rings. The molecule has 5 N–H and O–H groups in total. The van der Waals surface area contributed by atoms with Crippen molar-refractivity contribution in [3.05, 3.63) is 0 Å². The largest absolute Gasteiger partial charge is 1.00 e. The third-order valence-corrected chi connectivity index (χ3v) is 1.29. The maximum atomic E-state index is 10.1. The minimum absolute atomic E-state index is 0. The number of carbonyl (C=O) groups is 1. The number of unbranched alkanes of at least 4 members (excludes halogenated alkanes) is 1. The van der Waals surface area contributed by atoms with Crippen LogP contribution in [0.25, 0.3) is 0 Å². The van der Waals surface area contributed by atoms with Gasteiger partial charge < -0.3 is 16.6 Å². The zero-order valence-electron chi connectivity index (χ0n) is 6.92. The van der Waals surface area contributed by atoms with Crippen molar-refractivity contribution in [2.45, 2.75) is 25.3 Å². The molecule has 0 bridgehead atoms. The van der Waals surface area contributed by atoms with E-state index in [4.69, 9.17) is 16.6 Å². The van der Waals surface area contributed by atoms with Crippen molar-refractivity contribution in [1.29, 1.82) is 0 Å². The van der Waals surface area contributed by atoms with Crippen LogP contribution in [-0.2, 0) is 4.79 Å². The maximum Gasteiger partial charge on any atom is 1.00 e. The Morgan fingerprint density at radius 3 is 2.36 bits per heavy atom. The first-order valence-corrected chi connectivity index (χ1v) is 3.37. The van der Waals surface area contributed by atoms with Crippen LogP contribution >= 0.6 is 0 Å².